The van der Waals surface area contributed by atoms with Gasteiger partial charge in [-0.2, -0.15) is 0 Å². The lowest BCUT2D eigenvalue weighted by molar-refractivity contribution is -0.121. The van der Waals surface area contributed by atoms with E-state index in [9.17, 15) is 9.59 Å². The maximum Gasteiger partial charge on any atom is 0.140 e. The highest BCUT2D eigenvalue weighted by Crippen LogP contribution is 2.24. The van der Waals surface area contributed by atoms with Crippen LogP contribution in [0.25, 0.3) is 0 Å². The molecule has 18 heavy (non-hydrogen) atoms. The fourth-order valence-electron chi connectivity index (χ4n) is 2.07. The lowest BCUT2D eigenvalue weighted by Crippen LogP contribution is -2.13. The van der Waals surface area contributed by atoms with Crippen LogP contribution in [0.15, 0.2) is 30.3 Å². The van der Waals surface area contributed by atoms with Crippen molar-refractivity contribution in [3.05, 3.63) is 35.9 Å². The third kappa shape index (κ3) is 4.82. The predicted molar refractivity (Wildman–Crippen MR) is 73.6 cm³/mol. The number of hydrogen-bond donors (Lipinski definition) is 0. The molecule has 0 amide bonds. The van der Waals surface area contributed by atoms with Gasteiger partial charge in [-0.25, -0.2) is 0 Å². The molecule has 2 heteroatoms. The monoisotopic (exact) mass is 246 g/mol. The second-order valence-electron chi connectivity index (χ2n) is 4.77. The smallest absolute Gasteiger partial charge is 0.140 e. The summed E-state index contributed by atoms with van der Waals surface area (Å²) in [5.41, 5.74) is 1.04. The van der Waals surface area contributed by atoms with E-state index in [-0.39, 0.29) is 17.5 Å². The molecular weight excluding hydrogens is 224 g/mol. The van der Waals surface area contributed by atoms with E-state index in [1.165, 1.54) is 0 Å². The summed E-state index contributed by atoms with van der Waals surface area (Å²) in [5.74, 6) is 0.310. The van der Waals surface area contributed by atoms with Crippen molar-refractivity contribution in [3.63, 3.8) is 0 Å². The molecule has 0 saturated heterocycles. The van der Waals surface area contributed by atoms with E-state index in [2.05, 4.69) is 6.92 Å². The largest absolute Gasteiger partial charge is 0.300 e. The molecule has 0 aliphatic rings. The van der Waals surface area contributed by atoms with Gasteiger partial charge in [-0.3, -0.25) is 4.79 Å². The first-order valence-electron chi connectivity index (χ1n) is 6.72. The van der Waals surface area contributed by atoms with Crippen molar-refractivity contribution in [1.29, 1.82) is 0 Å². The second kappa shape index (κ2) is 7.80. The molecule has 98 valence electrons. The minimum Gasteiger partial charge on any atom is -0.300 e. The predicted octanol–water partition coefficient (Wildman–Crippen LogP) is 3.90. The Hall–Kier alpha value is -1.44. The first kappa shape index (κ1) is 14.6. The SMILES string of the molecule is CCCCC(=O)C(CCC(C)=O)c1ccccc1. The van der Waals surface area contributed by atoms with E-state index >= 15 is 0 Å². The van der Waals surface area contributed by atoms with Gasteiger partial charge in [-0.1, -0.05) is 43.7 Å². The maximum atomic E-state index is 12.2. The Labute approximate surface area is 109 Å². The zero-order valence-electron chi connectivity index (χ0n) is 11.3. The number of unbranched alkanes of at least 4 members (excludes halogenated alkanes) is 1. The third-order valence-corrected chi connectivity index (χ3v) is 3.15. The normalized spacial score (nSPS) is 12.1. The second-order valence-corrected chi connectivity index (χ2v) is 4.77. The van der Waals surface area contributed by atoms with Crippen LogP contribution in [-0.2, 0) is 9.59 Å². The number of Topliss-reactive ketones (excluding diaryl/α,β-unsaturated/α-hetero) is 2. The molecule has 0 heterocycles. The average Bonchev–Trinajstić information content (AvgIpc) is 2.37. The van der Waals surface area contributed by atoms with Crippen molar-refractivity contribution >= 4 is 11.6 Å². The van der Waals surface area contributed by atoms with Crippen LogP contribution in [0.3, 0.4) is 0 Å². The highest BCUT2D eigenvalue weighted by Gasteiger charge is 2.19. The summed E-state index contributed by atoms with van der Waals surface area (Å²) in [6, 6.07) is 9.80. The molecule has 0 aliphatic heterocycles. The number of carbonyl (C=O) groups excluding carboxylic acids is 2. The molecule has 0 aliphatic carbocycles. The Kier molecular flexibility index (Phi) is 6.34. The van der Waals surface area contributed by atoms with Crippen molar-refractivity contribution < 1.29 is 9.59 Å². The van der Waals surface area contributed by atoms with Crippen molar-refractivity contribution in [2.75, 3.05) is 0 Å². The van der Waals surface area contributed by atoms with E-state index in [1.807, 2.05) is 30.3 Å². The average molecular weight is 246 g/mol. The highest BCUT2D eigenvalue weighted by molar-refractivity contribution is 5.86. The summed E-state index contributed by atoms with van der Waals surface area (Å²) in [7, 11) is 0. The Morgan fingerprint density at radius 3 is 2.33 bits per heavy atom. The molecule has 1 aromatic rings. The van der Waals surface area contributed by atoms with Gasteiger partial charge in [-0.05, 0) is 25.3 Å². The Bertz CT molecular complexity index is 381. The van der Waals surface area contributed by atoms with E-state index < -0.39 is 0 Å². The summed E-state index contributed by atoms with van der Waals surface area (Å²) in [6.45, 7) is 3.67. The zero-order chi connectivity index (χ0) is 13.4. The Balaban J connectivity index is 2.74. The molecular formula is C16H22O2. The molecule has 0 spiro atoms. The van der Waals surface area contributed by atoms with Crippen molar-refractivity contribution in [3.8, 4) is 0 Å². The maximum absolute atomic E-state index is 12.2. The van der Waals surface area contributed by atoms with Crippen LogP contribution in [0, 0.1) is 0 Å². The molecule has 0 radical (unpaired) electrons. The van der Waals surface area contributed by atoms with Crippen molar-refractivity contribution in [2.45, 2.75) is 51.9 Å². The minimum absolute atomic E-state index is 0.110. The van der Waals surface area contributed by atoms with Crippen LogP contribution in [0.5, 0.6) is 0 Å². The van der Waals surface area contributed by atoms with Crippen LogP contribution in [-0.4, -0.2) is 11.6 Å². The lowest BCUT2D eigenvalue weighted by atomic mass is 9.87. The van der Waals surface area contributed by atoms with Gasteiger partial charge >= 0.3 is 0 Å². The van der Waals surface area contributed by atoms with Gasteiger partial charge in [0, 0.05) is 18.8 Å². The highest BCUT2D eigenvalue weighted by atomic mass is 16.1. The van der Waals surface area contributed by atoms with Crippen molar-refractivity contribution in [2.24, 2.45) is 0 Å². The molecule has 1 rings (SSSR count). The molecule has 2 nitrogen and oxygen atoms in total. The molecule has 0 saturated carbocycles. The van der Waals surface area contributed by atoms with E-state index in [0.29, 0.717) is 19.3 Å². The third-order valence-electron chi connectivity index (χ3n) is 3.15. The Morgan fingerprint density at radius 2 is 1.78 bits per heavy atom. The van der Waals surface area contributed by atoms with Gasteiger partial charge in [-0.15, -0.1) is 0 Å². The Morgan fingerprint density at radius 1 is 1.11 bits per heavy atom. The standard InChI is InChI=1S/C16H22O2/c1-3-4-10-16(18)15(12-11-13(2)17)14-8-6-5-7-9-14/h5-9,15H,3-4,10-12H2,1-2H3. The summed E-state index contributed by atoms with van der Waals surface area (Å²) in [6.07, 6.45) is 3.70. The summed E-state index contributed by atoms with van der Waals surface area (Å²) < 4.78 is 0. The minimum atomic E-state index is -0.110. The number of ketones is 2. The molecule has 1 aromatic carbocycles. The number of benzene rings is 1. The number of carbonyl (C=O) groups is 2. The van der Waals surface area contributed by atoms with Crippen molar-refractivity contribution in [1.82, 2.24) is 0 Å². The first-order valence-corrected chi connectivity index (χ1v) is 6.72. The van der Waals surface area contributed by atoms with E-state index in [1.54, 1.807) is 6.92 Å². The molecule has 0 bridgehead atoms. The summed E-state index contributed by atoms with van der Waals surface area (Å²) in [5, 5.41) is 0. The molecule has 1 atom stereocenters. The number of hydrogen-bond acceptors (Lipinski definition) is 2. The lowest BCUT2D eigenvalue weighted by Gasteiger charge is -2.15. The van der Waals surface area contributed by atoms with Crippen LogP contribution in [0.4, 0.5) is 0 Å². The zero-order valence-corrected chi connectivity index (χ0v) is 11.3. The van der Waals surface area contributed by atoms with Gasteiger partial charge in [0.25, 0.3) is 0 Å². The van der Waals surface area contributed by atoms with Crippen LogP contribution in [0.2, 0.25) is 0 Å². The van der Waals surface area contributed by atoms with E-state index in [0.717, 1.165) is 18.4 Å². The fourth-order valence-corrected chi connectivity index (χ4v) is 2.07. The van der Waals surface area contributed by atoms with Gasteiger partial charge in [0.2, 0.25) is 0 Å². The molecule has 0 fully saturated rings. The summed E-state index contributed by atoms with van der Waals surface area (Å²) >= 11 is 0. The van der Waals surface area contributed by atoms with Gasteiger partial charge < -0.3 is 4.79 Å². The molecule has 0 N–H and O–H groups in total. The van der Waals surface area contributed by atoms with Crippen LogP contribution in [0.1, 0.15) is 57.4 Å². The first-order chi connectivity index (χ1) is 8.65. The fraction of sp³-hybridized carbons (Fsp3) is 0.500. The van der Waals surface area contributed by atoms with Gasteiger partial charge in [0.05, 0.1) is 0 Å². The quantitative estimate of drug-likeness (QED) is 0.697. The topological polar surface area (TPSA) is 34.1 Å². The summed E-state index contributed by atoms with van der Waals surface area (Å²) in [4.78, 5) is 23.3. The molecule has 1 unspecified atom stereocenters. The van der Waals surface area contributed by atoms with Crippen LogP contribution >= 0.6 is 0 Å². The van der Waals surface area contributed by atoms with Gasteiger partial charge in [0.15, 0.2) is 0 Å². The van der Waals surface area contributed by atoms with E-state index in [4.69, 9.17) is 0 Å². The number of rotatable bonds is 8. The van der Waals surface area contributed by atoms with Gasteiger partial charge in [0.1, 0.15) is 11.6 Å². The van der Waals surface area contributed by atoms with Crippen LogP contribution < -0.4 is 0 Å². The molecule has 0 aromatic heterocycles.